The number of likely N-dealkylation sites (N-methyl/N-ethyl adjacent to an activating group) is 1. The van der Waals surface area contributed by atoms with Gasteiger partial charge in [-0.1, -0.05) is 221 Å². The zero-order chi connectivity index (χ0) is 46.4. The third kappa shape index (κ3) is 47.5. The van der Waals surface area contributed by atoms with Crippen molar-refractivity contribution in [3.05, 3.63) is 85.1 Å². The summed E-state index contributed by atoms with van der Waals surface area (Å²) in [5.74, 6) is -0.336. The molecule has 0 aromatic carbocycles. The fourth-order valence-corrected chi connectivity index (χ4v) is 7.61. The first kappa shape index (κ1) is 60.7. The highest BCUT2D eigenvalue weighted by Crippen LogP contribution is 2.38. The number of carbonyl (C=O) groups excluding carboxylic acids is 1. The van der Waals surface area contributed by atoms with Crippen LogP contribution in [0.25, 0.3) is 0 Å². The Morgan fingerprint density at radius 3 is 1.44 bits per heavy atom. The van der Waals surface area contributed by atoms with E-state index in [-0.39, 0.29) is 18.9 Å². The summed E-state index contributed by atoms with van der Waals surface area (Å²) < 4.78 is 23.2. The number of nitrogens with one attached hydrogen (secondary N) is 1. The molecule has 0 aliphatic heterocycles. The molecule has 0 radical (unpaired) electrons. The highest BCUT2D eigenvalue weighted by molar-refractivity contribution is 7.45. The second-order valence-electron chi connectivity index (χ2n) is 18.2. The maximum Gasteiger partial charge on any atom is 0.268 e. The Hall–Kier alpha value is -2.32. The van der Waals surface area contributed by atoms with E-state index in [1.807, 2.05) is 33.3 Å². The van der Waals surface area contributed by atoms with Crippen LogP contribution in [0.15, 0.2) is 85.1 Å². The van der Waals surface area contributed by atoms with E-state index in [4.69, 9.17) is 9.05 Å². The van der Waals surface area contributed by atoms with Gasteiger partial charge in [0, 0.05) is 6.42 Å². The van der Waals surface area contributed by atoms with Crippen LogP contribution >= 0.6 is 7.82 Å². The molecule has 0 aromatic heterocycles. The van der Waals surface area contributed by atoms with E-state index in [2.05, 4.69) is 79.9 Å². The largest absolute Gasteiger partial charge is 0.756 e. The molecule has 0 rings (SSSR count). The number of quaternary nitrogens is 1. The first-order valence-electron chi connectivity index (χ1n) is 25.4. The normalized spacial score (nSPS) is 14.8. The summed E-state index contributed by atoms with van der Waals surface area (Å²) in [7, 11) is 1.18. The van der Waals surface area contributed by atoms with E-state index in [9.17, 15) is 19.4 Å². The summed E-state index contributed by atoms with van der Waals surface area (Å²) in [5.41, 5.74) is 0. The Kier molecular flexibility index (Phi) is 43.2. The Morgan fingerprint density at radius 1 is 0.571 bits per heavy atom. The van der Waals surface area contributed by atoms with Crippen LogP contribution in [0.2, 0.25) is 0 Å². The maximum absolute atomic E-state index is 12.8. The van der Waals surface area contributed by atoms with Crippen molar-refractivity contribution >= 4 is 13.7 Å². The molecule has 9 heteroatoms. The van der Waals surface area contributed by atoms with E-state index < -0.39 is 26.6 Å². The van der Waals surface area contributed by atoms with Gasteiger partial charge in [-0.15, -0.1) is 0 Å². The molecule has 3 unspecified atom stereocenters. The van der Waals surface area contributed by atoms with Gasteiger partial charge in [0.15, 0.2) is 0 Å². The minimum absolute atomic E-state index is 0.0268. The van der Waals surface area contributed by atoms with Crippen molar-refractivity contribution in [3.8, 4) is 0 Å². The smallest absolute Gasteiger partial charge is 0.268 e. The molecule has 0 bridgehead atoms. The van der Waals surface area contributed by atoms with Crippen molar-refractivity contribution in [2.45, 2.75) is 212 Å². The molecule has 0 aliphatic rings. The van der Waals surface area contributed by atoms with Crippen molar-refractivity contribution in [3.63, 3.8) is 0 Å². The van der Waals surface area contributed by atoms with Gasteiger partial charge in [-0.2, -0.15) is 0 Å². The second kappa shape index (κ2) is 44.9. The molecule has 0 aromatic rings. The predicted molar refractivity (Wildman–Crippen MR) is 270 cm³/mol. The Balaban J connectivity index is 4.40. The quantitative estimate of drug-likeness (QED) is 0.0273. The molecule has 8 nitrogen and oxygen atoms in total. The van der Waals surface area contributed by atoms with E-state index in [0.29, 0.717) is 17.4 Å². The third-order valence-corrected chi connectivity index (χ3v) is 11.8. The minimum Gasteiger partial charge on any atom is -0.756 e. The third-order valence-electron chi connectivity index (χ3n) is 10.9. The first-order chi connectivity index (χ1) is 30.5. The van der Waals surface area contributed by atoms with Gasteiger partial charge in [-0.05, 0) is 57.8 Å². The first-order valence-corrected chi connectivity index (χ1v) is 26.9. The number of allylic oxidation sites excluding steroid dienone is 12. The van der Waals surface area contributed by atoms with Crippen LogP contribution in [0.1, 0.15) is 200 Å². The number of amides is 1. The van der Waals surface area contributed by atoms with Crippen LogP contribution in [-0.2, 0) is 18.4 Å². The van der Waals surface area contributed by atoms with Crippen LogP contribution < -0.4 is 10.2 Å². The lowest BCUT2D eigenvalue weighted by molar-refractivity contribution is -0.870. The zero-order valence-electron chi connectivity index (χ0n) is 41.2. The number of nitrogens with zero attached hydrogens (tertiary/aromatic N) is 1. The SMILES string of the molecule is CC/C=C\C/C=C\C/C=C\C/C=C\C/C=C\CC(=O)NC(COP(=O)([O-])OCC[N+](C)(C)C)C(O)/C=C/CC/C=C/CCCCCCCCCCCCCCCCCCCCCC. The maximum atomic E-state index is 12.8. The Morgan fingerprint density at radius 2 is 0.984 bits per heavy atom. The van der Waals surface area contributed by atoms with Gasteiger partial charge in [0.1, 0.15) is 13.2 Å². The predicted octanol–water partition coefficient (Wildman–Crippen LogP) is 14.3. The van der Waals surface area contributed by atoms with Crippen molar-refractivity contribution in [1.82, 2.24) is 5.32 Å². The Bertz CT molecular complexity index is 1300. The standard InChI is InChI=1S/C54H97N2O6P/c1-6-8-10-12-14-16-18-20-22-23-24-25-26-27-28-29-30-31-32-34-35-37-39-41-43-45-47-53(57)52(51-62-63(59,60)61-50-49-56(3,4)5)55-54(58)48-46-44-42-40-38-36-33-21-19-17-15-13-11-9-7-2/h9,11,15,17,21,33,37-40,44-47,52-53,57H,6-8,10,12-14,16,18-20,22-32,34-36,41-43,48-51H2,1-5H3,(H-,55,58,59,60)/b11-9-,17-15-,33-21-,39-37+,40-38-,46-44-,47-45+. The second-order valence-corrected chi connectivity index (χ2v) is 19.6. The van der Waals surface area contributed by atoms with E-state index in [0.717, 1.165) is 44.9 Å². The number of hydrogen-bond acceptors (Lipinski definition) is 6. The summed E-state index contributed by atoms with van der Waals surface area (Å²) in [4.78, 5) is 25.3. The monoisotopic (exact) mass is 901 g/mol. The van der Waals surface area contributed by atoms with Gasteiger partial charge in [0.05, 0.1) is 39.9 Å². The summed E-state index contributed by atoms with van der Waals surface area (Å²) >= 11 is 0. The molecule has 0 aliphatic carbocycles. The average molecular weight is 901 g/mol. The average Bonchev–Trinajstić information content (AvgIpc) is 3.24. The van der Waals surface area contributed by atoms with E-state index >= 15 is 0 Å². The number of aliphatic hydroxyl groups excluding tert-OH is 1. The van der Waals surface area contributed by atoms with Gasteiger partial charge in [0.25, 0.3) is 7.82 Å². The number of phosphoric ester groups is 1. The highest BCUT2D eigenvalue weighted by Gasteiger charge is 2.23. The molecule has 3 atom stereocenters. The fourth-order valence-electron chi connectivity index (χ4n) is 6.88. The number of phosphoric acid groups is 1. The molecule has 0 spiro atoms. The van der Waals surface area contributed by atoms with Crippen LogP contribution in [0.4, 0.5) is 0 Å². The fraction of sp³-hybridized carbons (Fsp3) is 0.722. The lowest BCUT2D eigenvalue weighted by Crippen LogP contribution is -2.45. The zero-order valence-corrected chi connectivity index (χ0v) is 42.1. The number of unbranched alkanes of at least 4 members (excludes halogenated alkanes) is 21. The molecule has 0 saturated heterocycles. The Labute approximate surface area is 388 Å². The van der Waals surface area contributed by atoms with Gasteiger partial charge in [-0.3, -0.25) is 9.36 Å². The molecular weight excluding hydrogens is 804 g/mol. The van der Waals surface area contributed by atoms with Crippen molar-refractivity contribution in [1.29, 1.82) is 0 Å². The minimum atomic E-state index is -4.63. The molecule has 1 amide bonds. The molecule has 2 N–H and O–H groups in total. The molecule has 364 valence electrons. The number of hydrogen-bond donors (Lipinski definition) is 2. The van der Waals surface area contributed by atoms with Crippen LogP contribution in [0.5, 0.6) is 0 Å². The van der Waals surface area contributed by atoms with E-state index in [1.54, 1.807) is 12.2 Å². The van der Waals surface area contributed by atoms with Gasteiger partial charge in [-0.25, -0.2) is 0 Å². The summed E-state index contributed by atoms with van der Waals surface area (Å²) in [5, 5.41) is 13.7. The summed E-state index contributed by atoms with van der Waals surface area (Å²) in [6.45, 7) is 4.43. The van der Waals surface area contributed by atoms with Gasteiger partial charge >= 0.3 is 0 Å². The lowest BCUT2D eigenvalue weighted by atomic mass is 10.0. The van der Waals surface area contributed by atoms with Crippen molar-refractivity contribution in [2.24, 2.45) is 0 Å². The molecule has 0 fully saturated rings. The summed E-state index contributed by atoms with van der Waals surface area (Å²) in [6.07, 6.45) is 62.7. The number of aliphatic hydroxyl groups is 1. The van der Waals surface area contributed by atoms with Crippen molar-refractivity contribution in [2.75, 3.05) is 40.9 Å². The van der Waals surface area contributed by atoms with Crippen LogP contribution in [0.3, 0.4) is 0 Å². The topological polar surface area (TPSA) is 108 Å². The van der Waals surface area contributed by atoms with E-state index in [1.165, 1.54) is 128 Å². The highest BCUT2D eigenvalue weighted by atomic mass is 31.2. The van der Waals surface area contributed by atoms with Gasteiger partial charge < -0.3 is 28.8 Å². The van der Waals surface area contributed by atoms with Crippen LogP contribution in [0, 0.1) is 0 Å². The molecular formula is C54H97N2O6P. The van der Waals surface area contributed by atoms with Gasteiger partial charge in [0.2, 0.25) is 5.91 Å². The number of carbonyl (C=O) groups is 1. The summed E-state index contributed by atoms with van der Waals surface area (Å²) in [6, 6.07) is -0.962. The van der Waals surface area contributed by atoms with Crippen LogP contribution in [-0.4, -0.2) is 68.5 Å². The van der Waals surface area contributed by atoms with Crippen molar-refractivity contribution < 1.29 is 32.9 Å². The number of rotatable bonds is 45. The molecule has 0 heterocycles. The lowest BCUT2D eigenvalue weighted by Gasteiger charge is -2.29. The molecule has 63 heavy (non-hydrogen) atoms. The molecule has 0 saturated carbocycles.